The topological polar surface area (TPSA) is 46.3 Å². The molecule has 0 saturated carbocycles. The van der Waals surface area contributed by atoms with E-state index in [1.807, 2.05) is 6.20 Å². The number of benzene rings is 1. The number of fused-ring (bicyclic) bond motifs is 1. The van der Waals surface area contributed by atoms with Crippen molar-refractivity contribution in [1.29, 1.82) is 0 Å². The van der Waals surface area contributed by atoms with E-state index >= 15 is 0 Å². The number of rotatable bonds is 5. The lowest BCUT2D eigenvalue weighted by Crippen LogP contribution is -2.42. The minimum Gasteiger partial charge on any atom is -0.378 e. The number of nitrogens with one attached hydrogen (secondary N) is 2. The van der Waals surface area contributed by atoms with Gasteiger partial charge < -0.3 is 19.8 Å². The fourth-order valence-corrected chi connectivity index (χ4v) is 2.61. The summed E-state index contributed by atoms with van der Waals surface area (Å²) in [7, 11) is 1.77. The molecule has 2 heterocycles. The highest BCUT2D eigenvalue weighted by atomic mass is 16.5. The van der Waals surface area contributed by atoms with Crippen LogP contribution in [-0.2, 0) is 16.0 Å². The second-order valence-corrected chi connectivity index (χ2v) is 5.19. The molecule has 0 aliphatic carbocycles. The smallest absolute Gasteiger partial charge is 0.106 e. The van der Waals surface area contributed by atoms with Crippen LogP contribution in [-0.4, -0.2) is 37.5 Å². The van der Waals surface area contributed by atoms with Crippen molar-refractivity contribution in [3.8, 4) is 0 Å². The van der Waals surface area contributed by atoms with Crippen molar-refractivity contribution in [3.63, 3.8) is 0 Å². The molecule has 1 fully saturated rings. The molecule has 2 aromatic rings. The molecular weight excluding hydrogens is 240 g/mol. The SMILES string of the molecule is COC1(CNCc2ccc3[nH]ccc3c2)CCOC1. The monoisotopic (exact) mass is 260 g/mol. The Bertz CT molecular complexity index is 544. The number of H-pyrrole nitrogens is 1. The molecule has 0 spiro atoms. The lowest BCUT2D eigenvalue weighted by atomic mass is 10.0. The Morgan fingerprint density at radius 2 is 2.37 bits per heavy atom. The molecule has 3 rings (SSSR count). The van der Waals surface area contributed by atoms with Crippen molar-refractivity contribution in [2.24, 2.45) is 0 Å². The Morgan fingerprint density at radius 1 is 1.42 bits per heavy atom. The highest BCUT2D eigenvalue weighted by Gasteiger charge is 2.34. The van der Waals surface area contributed by atoms with Crippen LogP contribution in [0.1, 0.15) is 12.0 Å². The summed E-state index contributed by atoms with van der Waals surface area (Å²) in [4.78, 5) is 3.21. The predicted octanol–water partition coefficient (Wildman–Crippen LogP) is 2.06. The van der Waals surface area contributed by atoms with Crippen LogP contribution in [0.5, 0.6) is 0 Å². The van der Waals surface area contributed by atoms with Crippen molar-refractivity contribution >= 4 is 10.9 Å². The lowest BCUT2D eigenvalue weighted by molar-refractivity contribution is -0.0159. The molecule has 1 atom stereocenters. The van der Waals surface area contributed by atoms with Gasteiger partial charge >= 0.3 is 0 Å². The zero-order valence-electron chi connectivity index (χ0n) is 11.2. The van der Waals surface area contributed by atoms with Crippen molar-refractivity contribution in [1.82, 2.24) is 10.3 Å². The van der Waals surface area contributed by atoms with Crippen LogP contribution in [0.15, 0.2) is 30.5 Å². The van der Waals surface area contributed by atoms with Gasteiger partial charge in [0.15, 0.2) is 0 Å². The van der Waals surface area contributed by atoms with Gasteiger partial charge in [-0.1, -0.05) is 6.07 Å². The fourth-order valence-electron chi connectivity index (χ4n) is 2.61. The molecule has 4 nitrogen and oxygen atoms in total. The molecular formula is C15H20N2O2. The highest BCUT2D eigenvalue weighted by molar-refractivity contribution is 5.79. The maximum absolute atomic E-state index is 5.60. The zero-order chi connectivity index (χ0) is 13.1. The van der Waals surface area contributed by atoms with E-state index in [0.717, 1.165) is 26.1 Å². The zero-order valence-corrected chi connectivity index (χ0v) is 11.2. The molecule has 1 saturated heterocycles. The third-order valence-electron chi connectivity index (χ3n) is 3.89. The minimum absolute atomic E-state index is 0.141. The van der Waals surface area contributed by atoms with Crippen LogP contribution in [0, 0.1) is 0 Å². The number of hydrogen-bond donors (Lipinski definition) is 2. The van der Waals surface area contributed by atoms with Crippen LogP contribution < -0.4 is 5.32 Å². The number of aromatic nitrogens is 1. The van der Waals surface area contributed by atoms with E-state index in [9.17, 15) is 0 Å². The Kier molecular flexibility index (Phi) is 3.55. The average Bonchev–Trinajstić information content (AvgIpc) is 3.07. The molecule has 0 radical (unpaired) electrons. The Labute approximate surface area is 113 Å². The molecule has 1 aliphatic heterocycles. The van der Waals surface area contributed by atoms with Crippen LogP contribution in [0.3, 0.4) is 0 Å². The third kappa shape index (κ3) is 2.66. The Hall–Kier alpha value is -1.36. The van der Waals surface area contributed by atoms with Gasteiger partial charge in [-0.25, -0.2) is 0 Å². The molecule has 1 aromatic heterocycles. The summed E-state index contributed by atoms with van der Waals surface area (Å²) in [6.07, 6.45) is 2.94. The number of ether oxygens (including phenoxy) is 2. The molecule has 0 amide bonds. The number of hydrogen-bond acceptors (Lipinski definition) is 3. The first-order valence-corrected chi connectivity index (χ1v) is 6.71. The van der Waals surface area contributed by atoms with Crippen LogP contribution in [0.4, 0.5) is 0 Å². The molecule has 1 aromatic carbocycles. The van der Waals surface area contributed by atoms with Gasteiger partial charge in [-0.3, -0.25) is 0 Å². The van der Waals surface area contributed by atoms with Gasteiger partial charge in [0, 0.05) is 44.9 Å². The molecule has 4 heteroatoms. The van der Waals surface area contributed by atoms with E-state index in [1.165, 1.54) is 16.5 Å². The van der Waals surface area contributed by atoms with Crippen LogP contribution >= 0.6 is 0 Å². The van der Waals surface area contributed by atoms with Gasteiger partial charge in [-0.2, -0.15) is 0 Å². The van der Waals surface area contributed by atoms with Gasteiger partial charge in [0.05, 0.1) is 6.61 Å². The molecule has 2 N–H and O–H groups in total. The molecule has 102 valence electrons. The quantitative estimate of drug-likeness (QED) is 0.865. The average molecular weight is 260 g/mol. The van der Waals surface area contributed by atoms with Crippen molar-refractivity contribution in [3.05, 3.63) is 36.0 Å². The van der Waals surface area contributed by atoms with Gasteiger partial charge in [-0.05, 0) is 29.1 Å². The van der Waals surface area contributed by atoms with Crippen LogP contribution in [0.2, 0.25) is 0 Å². The molecule has 19 heavy (non-hydrogen) atoms. The summed E-state index contributed by atoms with van der Waals surface area (Å²) in [6, 6.07) is 8.58. The fraction of sp³-hybridized carbons (Fsp3) is 0.467. The second-order valence-electron chi connectivity index (χ2n) is 5.19. The highest BCUT2D eigenvalue weighted by Crippen LogP contribution is 2.21. The van der Waals surface area contributed by atoms with Gasteiger partial charge in [0.1, 0.15) is 5.60 Å². The summed E-state index contributed by atoms with van der Waals surface area (Å²) in [5.74, 6) is 0. The van der Waals surface area contributed by atoms with Crippen molar-refractivity contribution < 1.29 is 9.47 Å². The van der Waals surface area contributed by atoms with E-state index in [0.29, 0.717) is 6.61 Å². The van der Waals surface area contributed by atoms with E-state index in [-0.39, 0.29) is 5.60 Å². The molecule has 1 unspecified atom stereocenters. The minimum atomic E-state index is -0.141. The van der Waals surface area contributed by atoms with E-state index < -0.39 is 0 Å². The van der Waals surface area contributed by atoms with E-state index in [4.69, 9.17) is 9.47 Å². The summed E-state index contributed by atoms with van der Waals surface area (Å²) < 4.78 is 11.0. The predicted molar refractivity (Wildman–Crippen MR) is 75.2 cm³/mol. The molecule has 1 aliphatic rings. The summed E-state index contributed by atoms with van der Waals surface area (Å²) in [5.41, 5.74) is 2.33. The van der Waals surface area contributed by atoms with Gasteiger partial charge in [0.2, 0.25) is 0 Å². The second kappa shape index (κ2) is 5.33. The number of methoxy groups -OCH3 is 1. The standard InChI is InChI=1S/C15H20N2O2/c1-18-15(5-7-19-11-15)10-16-9-12-2-3-14-13(8-12)4-6-17-14/h2-4,6,8,16-17H,5,7,9-11H2,1H3. The summed E-state index contributed by atoms with van der Waals surface area (Å²) in [5, 5.41) is 4.73. The maximum atomic E-state index is 5.60. The third-order valence-corrected chi connectivity index (χ3v) is 3.89. The van der Waals surface area contributed by atoms with Gasteiger partial charge in [-0.15, -0.1) is 0 Å². The van der Waals surface area contributed by atoms with Crippen molar-refractivity contribution in [2.75, 3.05) is 26.9 Å². The maximum Gasteiger partial charge on any atom is 0.106 e. The number of aromatic amines is 1. The molecule has 0 bridgehead atoms. The summed E-state index contributed by atoms with van der Waals surface area (Å²) >= 11 is 0. The van der Waals surface area contributed by atoms with Crippen molar-refractivity contribution in [2.45, 2.75) is 18.6 Å². The summed E-state index contributed by atoms with van der Waals surface area (Å²) in [6.45, 7) is 3.17. The van der Waals surface area contributed by atoms with E-state index in [1.54, 1.807) is 7.11 Å². The lowest BCUT2D eigenvalue weighted by Gasteiger charge is -2.26. The normalized spacial score (nSPS) is 23.2. The first-order valence-electron chi connectivity index (χ1n) is 6.71. The first-order chi connectivity index (χ1) is 9.31. The Balaban J connectivity index is 1.59. The largest absolute Gasteiger partial charge is 0.378 e. The Morgan fingerprint density at radius 3 is 3.16 bits per heavy atom. The van der Waals surface area contributed by atoms with E-state index in [2.05, 4.69) is 34.6 Å². The van der Waals surface area contributed by atoms with Gasteiger partial charge in [0.25, 0.3) is 0 Å². The van der Waals surface area contributed by atoms with Crippen LogP contribution in [0.25, 0.3) is 10.9 Å². The first kappa shape index (κ1) is 12.7.